The Hall–Kier alpha value is -3.03. The summed E-state index contributed by atoms with van der Waals surface area (Å²) in [6.07, 6.45) is 0. The molecule has 2 aromatic heterocycles. The van der Waals surface area contributed by atoms with E-state index in [9.17, 15) is 5.26 Å². The van der Waals surface area contributed by atoms with Crippen LogP contribution >= 0.6 is 11.6 Å². The van der Waals surface area contributed by atoms with Crippen molar-refractivity contribution >= 4 is 39.8 Å². The van der Waals surface area contributed by atoms with Crippen LogP contribution in [0.1, 0.15) is 16.7 Å². The third kappa shape index (κ3) is 2.41. The van der Waals surface area contributed by atoms with E-state index in [1.54, 1.807) is 0 Å². The highest BCUT2D eigenvalue weighted by atomic mass is 35.5. The lowest BCUT2D eigenvalue weighted by Crippen LogP contribution is -2.03. The minimum atomic E-state index is 0.588. The Labute approximate surface area is 150 Å². The van der Waals surface area contributed by atoms with Crippen LogP contribution in [0.25, 0.3) is 16.7 Å². The standard InChI is InChI=1S/C20H15ClN4/c1-12-10-19(23-16-8-5-6-15(21)13(16)2)25-18-9-4-3-7-17(18)24-20(25)14(12)11-22/h3-10,23H,1-2H3. The summed E-state index contributed by atoms with van der Waals surface area (Å²) in [6.45, 7) is 3.90. The van der Waals surface area contributed by atoms with Gasteiger partial charge in [0.15, 0.2) is 5.65 Å². The van der Waals surface area contributed by atoms with Crippen LogP contribution in [0.3, 0.4) is 0 Å². The summed E-state index contributed by atoms with van der Waals surface area (Å²) in [5.74, 6) is 0.852. The van der Waals surface area contributed by atoms with Crippen LogP contribution in [0.2, 0.25) is 5.02 Å². The second-order valence-electron chi connectivity index (χ2n) is 6.00. The molecule has 25 heavy (non-hydrogen) atoms. The second-order valence-corrected chi connectivity index (χ2v) is 6.40. The van der Waals surface area contributed by atoms with Crippen molar-refractivity contribution in [3.63, 3.8) is 0 Å². The van der Waals surface area contributed by atoms with Gasteiger partial charge in [0, 0.05) is 10.7 Å². The zero-order chi connectivity index (χ0) is 17.6. The number of para-hydroxylation sites is 2. The molecular formula is C20H15ClN4. The number of pyridine rings is 1. The molecule has 0 saturated carbocycles. The number of rotatable bonds is 2. The number of nitrogens with one attached hydrogen (secondary N) is 1. The van der Waals surface area contributed by atoms with E-state index < -0.39 is 0 Å². The van der Waals surface area contributed by atoms with Crippen molar-refractivity contribution in [1.29, 1.82) is 5.26 Å². The molecule has 1 N–H and O–H groups in total. The minimum Gasteiger partial charge on any atom is -0.341 e. The fourth-order valence-corrected chi connectivity index (χ4v) is 3.24. The third-order valence-corrected chi connectivity index (χ3v) is 4.82. The van der Waals surface area contributed by atoms with Gasteiger partial charge in [-0.05, 0) is 55.3 Å². The van der Waals surface area contributed by atoms with Gasteiger partial charge in [0.2, 0.25) is 0 Å². The average Bonchev–Trinajstić information content (AvgIpc) is 2.98. The van der Waals surface area contributed by atoms with E-state index in [2.05, 4.69) is 16.4 Å². The number of nitriles is 1. The van der Waals surface area contributed by atoms with Crippen molar-refractivity contribution in [2.75, 3.05) is 5.32 Å². The molecule has 4 aromatic rings. The summed E-state index contributed by atoms with van der Waals surface area (Å²) >= 11 is 6.25. The summed E-state index contributed by atoms with van der Waals surface area (Å²) in [5, 5.41) is 13.7. The van der Waals surface area contributed by atoms with Gasteiger partial charge in [-0.3, -0.25) is 4.40 Å². The molecule has 4 nitrogen and oxygen atoms in total. The van der Waals surface area contributed by atoms with Gasteiger partial charge in [-0.15, -0.1) is 0 Å². The lowest BCUT2D eigenvalue weighted by Gasteiger charge is -2.14. The van der Waals surface area contributed by atoms with Gasteiger partial charge in [0.1, 0.15) is 11.9 Å². The van der Waals surface area contributed by atoms with E-state index in [1.165, 1.54) is 0 Å². The van der Waals surface area contributed by atoms with Gasteiger partial charge in [0.05, 0.1) is 16.6 Å². The number of fused-ring (bicyclic) bond motifs is 3. The SMILES string of the molecule is Cc1cc(Nc2cccc(Cl)c2C)n2c(nc3ccccc32)c1C#N. The molecule has 122 valence electrons. The Morgan fingerprint density at radius 3 is 2.72 bits per heavy atom. The Bertz CT molecular complexity index is 1170. The van der Waals surface area contributed by atoms with Crippen molar-refractivity contribution < 1.29 is 0 Å². The van der Waals surface area contributed by atoms with Crippen LogP contribution in [0.15, 0.2) is 48.5 Å². The predicted molar refractivity (Wildman–Crippen MR) is 102 cm³/mol. The Kier molecular flexibility index (Phi) is 3.60. The van der Waals surface area contributed by atoms with Crippen LogP contribution in [-0.4, -0.2) is 9.38 Å². The number of aryl methyl sites for hydroxylation is 1. The van der Waals surface area contributed by atoms with Crippen molar-refractivity contribution in [2.45, 2.75) is 13.8 Å². The predicted octanol–water partition coefficient (Wildman–Crippen LogP) is 5.37. The first kappa shape index (κ1) is 15.5. The molecule has 0 aliphatic heterocycles. The molecule has 0 amide bonds. The molecule has 5 heteroatoms. The van der Waals surface area contributed by atoms with Crippen LogP contribution < -0.4 is 5.32 Å². The fraction of sp³-hybridized carbons (Fsp3) is 0.100. The van der Waals surface area contributed by atoms with E-state index in [0.29, 0.717) is 16.2 Å². The first-order valence-electron chi connectivity index (χ1n) is 7.93. The van der Waals surface area contributed by atoms with E-state index in [1.807, 2.05) is 66.8 Å². The van der Waals surface area contributed by atoms with E-state index in [0.717, 1.165) is 33.7 Å². The summed E-state index contributed by atoms with van der Waals surface area (Å²) < 4.78 is 1.99. The van der Waals surface area contributed by atoms with Gasteiger partial charge in [0.25, 0.3) is 0 Å². The number of anilines is 2. The Morgan fingerprint density at radius 1 is 1.12 bits per heavy atom. The number of imidazole rings is 1. The molecule has 0 bridgehead atoms. The topological polar surface area (TPSA) is 53.1 Å². The zero-order valence-corrected chi connectivity index (χ0v) is 14.6. The highest BCUT2D eigenvalue weighted by molar-refractivity contribution is 6.31. The molecular weight excluding hydrogens is 332 g/mol. The Balaban J connectivity index is 2.04. The monoisotopic (exact) mass is 346 g/mol. The normalized spacial score (nSPS) is 11.0. The summed E-state index contributed by atoms with van der Waals surface area (Å²) in [5.41, 5.74) is 5.84. The van der Waals surface area contributed by atoms with Gasteiger partial charge in [-0.25, -0.2) is 4.98 Å². The maximum Gasteiger partial charge on any atom is 0.157 e. The number of halogens is 1. The highest BCUT2D eigenvalue weighted by Gasteiger charge is 2.15. The Morgan fingerprint density at radius 2 is 1.92 bits per heavy atom. The first-order valence-corrected chi connectivity index (χ1v) is 8.31. The summed E-state index contributed by atoms with van der Waals surface area (Å²) in [4.78, 5) is 4.66. The lowest BCUT2D eigenvalue weighted by molar-refractivity contribution is 1.18. The van der Waals surface area contributed by atoms with E-state index >= 15 is 0 Å². The molecule has 0 spiro atoms. The highest BCUT2D eigenvalue weighted by Crippen LogP contribution is 2.31. The first-order chi connectivity index (χ1) is 12.1. The molecule has 0 saturated heterocycles. The summed E-state index contributed by atoms with van der Waals surface area (Å²) in [7, 11) is 0. The molecule has 2 heterocycles. The molecule has 4 rings (SSSR count). The van der Waals surface area contributed by atoms with Crippen molar-refractivity contribution in [2.24, 2.45) is 0 Å². The van der Waals surface area contributed by atoms with Crippen LogP contribution in [0.4, 0.5) is 11.5 Å². The van der Waals surface area contributed by atoms with Gasteiger partial charge < -0.3 is 5.32 Å². The van der Waals surface area contributed by atoms with Gasteiger partial charge in [-0.2, -0.15) is 5.26 Å². The molecule has 0 aliphatic carbocycles. The minimum absolute atomic E-state index is 0.588. The second kappa shape index (κ2) is 5.80. The van der Waals surface area contributed by atoms with Gasteiger partial charge in [-0.1, -0.05) is 29.8 Å². The summed E-state index contributed by atoms with van der Waals surface area (Å²) in [6, 6.07) is 17.9. The lowest BCUT2D eigenvalue weighted by atomic mass is 10.1. The van der Waals surface area contributed by atoms with Crippen LogP contribution in [-0.2, 0) is 0 Å². The number of nitrogens with zero attached hydrogens (tertiary/aromatic N) is 3. The van der Waals surface area contributed by atoms with Crippen molar-refractivity contribution in [1.82, 2.24) is 9.38 Å². The third-order valence-electron chi connectivity index (χ3n) is 4.42. The number of aromatic nitrogens is 2. The average molecular weight is 347 g/mol. The zero-order valence-electron chi connectivity index (χ0n) is 13.8. The molecule has 2 aromatic carbocycles. The molecule has 0 unspecified atom stereocenters. The smallest absolute Gasteiger partial charge is 0.157 e. The fourth-order valence-electron chi connectivity index (χ4n) is 3.07. The van der Waals surface area contributed by atoms with Crippen LogP contribution in [0.5, 0.6) is 0 Å². The number of benzene rings is 2. The van der Waals surface area contributed by atoms with E-state index in [4.69, 9.17) is 11.6 Å². The molecule has 0 fully saturated rings. The van der Waals surface area contributed by atoms with E-state index in [-0.39, 0.29) is 0 Å². The molecule has 0 atom stereocenters. The quantitative estimate of drug-likeness (QED) is 0.530. The largest absolute Gasteiger partial charge is 0.341 e. The van der Waals surface area contributed by atoms with Crippen LogP contribution in [0, 0.1) is 25.2 Å². The number of hydrogen-bond acceptors (Lipinski definition) is 3. The van der Waals surface area contributed by atoms with Crippen molar-refractivity contribution in [3.8, 4) is 6.07 Å². The maximum absolute atomic E-state index is 9.56. The molecule has 0 radical (unpaired) electrons. The molecule has 0 aliphatic rings. The van der Waals surface area contributed by atoms with Crippen molar-refractivity contribution in [3.05, 3.63) is 70.2 Å². The maximum atomic E-state index is 9.56. The number of hydrogen-bond donors (Lipinski definition) is 1. The van der Waals surface area contributed by atoms with Gasteiger partial charge >= 0.3 is 0 Å².